The molecule has 0 aromatic carbocycles. The van der Waals surface area contributed by atoms with Gasteiger partial charge in [-0.2, -0.15) is 0 Å². The first-order valence-electron chi connectivity index (χ1n) is 16.4. The standard InChI is InChI=1S/C33H65N5O7Si/c1-22(2)16-26(30(43)34-21-40)37(12)31(44)29(24(5)6)35-33(20-39,18-23(3)4)38(13)28(42)19-36(11)27(41)17-25(7)45-46(14,15)32(8,9)10/h20,22-26,29,35,40H,16-19,21H2,1-15H3,(H,34,43)/t25?,26-,29+,33-/m0/s1. The number of hydrogen-bond acceptors (Lipinski definition) is 8. The number of carbonyl (C=O) groups is 5. The van der Waals surface area contributed by atoms with Gasteiger partial charge >= 0.3 is 0 Å². The van der Waals surface area contributed by atoms with Crippen LogP contribution in [-0.2, 0) is 28.4 Å². The van der Waals surface area contributed by atoms with Crippen LogP contribution in [0.15, 0.2) is 0 Å². The molecule has 4 atom stereocenters. The summed E-state index contributed by atoms with van der Waals surface area (Å²) in [6.07, 6.45) is 1.00. The lowest BCUT2D eigenvalue weighted by Gasteiger charge is -2.44. The van der Waals surface area contributed by atoms with Crippen molar-refractivity contribution in [1.82, 2.24) is 25.3 Å². The van der Waals surface area contributed by atoms with Crippen molar-refractivity contribution in [2.24, 2.45) is 17.8 Å². The van der Waals surface area contributed by atoms with Gasteiger partial charge in [0.2, 0.25) is 23.6 Å². The minimum atomic E-state index is -2.09. The summed E-state index contributed by atoms with van der Waals surface area (Å²) in [5.74, 6) is -1.93. The minimum Gasteiger partial charge on any atom is -0.414 e. The van der Waals surface area contributed by atoms with Gasteiger partial charge in [0.05, 0.1) is 25.1 Å². The van der Waals surface area contributed by atoms with Crippen LogP contribution in [0.3, 0.4) is 0 Å². The highest BCUT2D eigenvalue weighted by molar-refractivity contribution is 6.74. The molecule has 0 rings (SSSR count). The summed E-state index contributed by atoms with van der Waals surface area (Å²) in [4.78, 5) is 70.5. The molecule has 46 heavy (non-hydrogen) atoms. The number of nitrogens with one attached hydrogen (secondary N) is 2. The second-order valence-corrected chi connectivity index (χ2v) is 20.2. The van der Waals surface area contributed by atoms with E-state index in [9.17, 15) is 29.1 Å². The molecule has 0 spiro atoms. The molecule has 0 saturated heterocycles. The van der Waals surface area contributed by atoms with Gasteiger partial charge in [-0.25, -0.2) is 0 Å². The van der Waals surface area contributed by atoms with Gasteiger partial charge in [0.25, 0.3) is 0 Å². The number of likely N-dealkylation sites (N-methyl/N-ethyl adjacent to an activating group) is 3. The van der Waals surface area contributed by atoms with Crippen LogP contribution in [0.1, 0.15) is 88.5 Å². The van der Waals surface area contributed by atoms with E-state index < -0.39 is 50.5 Å². The third kappa shape index (κ3) is 12.7. The van der Waals surface area contributed by atoms with E-state index >= 15 is 0 Å². The van der Waals surface area contributed by atoms with Crippen molar-refractivity contribution in [2.75, 3.05) is 34.4 Å². The fourth-order valence-electron chi connectivity index (χ4n) is 5.06. The molecule has 0 bridgehead atoms. The Hall–Kier alpha value is -2.35. The lowest BCUT2D eigenvalue weighted by Crippen LogP contribution is -2.68. The number of aliphatic hydroxyl groups excluding tert-OH is 1. The first-order chi connectivity index (χ1) is 20.9. The highest BCUT2D eigenvalue weighted by atomic mass is 28.4. The summed E-state index contributed by atoms with van der Waals surface area (Å²) in [5.41, 5.74) is -1.57. The van der Waals surface area contributed by atoms with E-state index in [1.165, 1.54) is 28.8 Å². The molecule has 0 aliphatic rings. The molecular formula is C33H65N5O7Si. The summed E-state index contributed by atoms with van der Waals surface area (Å²) in [7, 11) is 2.48. The Labute approximate surface area is 279 Å². The van der Waals surface area contributed by atoms with Crippen molar-refractivity contribution in [1.29, 1.82) is 0 Å². The molecular weight excluding hydrogens is 606 g/mol. The minimum absolute atomic E-state index is 0.0122. The number of amides is 4. The number of hydrogen-bond donors (Lipinski definition) is 3. The van der Waals surface area contributed by atoms with Crippen LogP contribution in [0, 0.1) is 17.8 Å². The average molecular weight is 672 g/mol. The molecule has 0 heterocycles. The first kappa shape index (κ1) is 43.6. The largest absolute Gasteiger partial charge is 0.414 e. The Morgan fingerprint density at radius 2 is 1.46 bits per heavy atom. The SMILES string of the molecule is CC(C)C[C@@H](C(=O)NCO)N(C)C(=O)[C@H](N[C@@](C=O)(CC(C)C)N(C)C(=O)CN(C)C(=O)CC(C)O[Si](C)(C)C(C)(C)C)C(C)C. The third-order valence-corrected chi connectivity index (χ3v) is 13.5. The second kappa shape index (κ2) is 18.3. The molecule has 0 fully saturated rings. The maximum Gasteiger partial charge on any atom is 0.244 e. The van der Waals surface area contributed by atoms with E-state index in [2.05, 4.69) is 44.5 Å². The number of aliphatic hydroxyl groups is 1. The molecule has 0 aliphatic carbocycles. The molecule has 0 aromatic rings. The lowest BCUT2D eigenvalue weighted by atomic mass is 9.92. The lowest BCUT2D eigenvalue weighted by molar-refractivity contribution is -0.150. The molecule has 0 saturated carbocycles. The van der Waals surface area contributed by atoms with Crippen molar-refractivity contribution < 1.29 is 33.5 Å². The maximum absolute atomic E-state index is 14.0. The van der Waals surface area contributed by atoms with Gasteiger partial charge in [0.15, 0.2) is 20.3 Å². The normalized spacial score (nSPS) is 15.6. The quantitative estimate of drug-likeness (QED) is 0.108. The van der Waals surface area contributed by atoms with Gasteiger partial charge in [0, 0.05) is 21.1 Å². The fraction of sp³-hybridized carbons (Fsp3) is 0.848. The Kier molecular flexibility index (Phi) is 17.3. The van der Waals surface area contributed by atoms with Crippen molar-refractivity contribution in [3.8, 4) is 0 Å². The molecule has 4 amide bonds. The van der Waals surface area contributed by atoms with Crippen molar-refractivity contribution in [3.63, 3.8) is 0 Å². The molecule has 1 unspecified atom stereocenters. The van der Waals surface area contributed by atoms with Crippen LogP contribution in [-0.4, -0.2) is 116 Å². The highest BCUT2D eigenvalue weighted by Crippen LogP contribution is 2.37. The van der Waals surface area contributed by atoms with E-state index in [0.717, 1.165) is 0 Å². The number of nitrogens with zero attached hydrogens (tertiary/aromatic N) is 3. The Bertz CT molecular complexity index is 1030. The van der Waals surface area contributed by atoms with Crippen molar-refractivity contribution in [2.45, 2.75) is 130 Å². The fourth-order valence-corrected chi connectivity index (χ4v) is 6.50. The zero-order chi connectivity index (χ0) is 36.4. The van der Waals surface area contributed by atoms with E-state index in [4.69, 9.17) is 4.43 Å². The van der Waals surface area contributed by atoms with E-state index in [-0.39, 0.29) is 54.2 Å². The van der Waals surface area contributed by atoms with Crippen LogP contribution in [0.2, 0.25) is 18.1 Å². The van der Waals surface area contributed by atoms with E-state index in [1.54, 1.807) is 7.05 Å². The van der Waals surface area contributed by atoms with Crippen LogP contribution in [0.25, 0.3) is 0 Å². The van der Waals surface area contributed by atoms with Gasteiger partial charge in [-0.15, -0.1) is 0 Å². The topological polar surface area (TPSA) is 149 Å². The van der Waals surface area contributed by atoms with Crippen LogP contribution < -0.4 is 10.6 Å². The second-order valence-electron chi connectivity index (χ2n) is 15.4. The van der Waals surface area contributed by atoms with Crippen LogP contribution in [0.5, 0.6) is 0 Å². The Morgan fingerprint density at radius 3 is 1.87 bits per heavy atom. The van der Waals surface area contributed by atoms with Gasteiger partial charge in [0.1, 0.15) is 12.8 Å². The smallest absolute Gasteiger partial charge is 0.244 e. The summed E-state index contributed by atoms with van der Waals surface area (Å²) >= 11 is 0. The first-order valence-corrected chi connectivity index (χ1v) is 19.4. The number of aldehydes is 1. The molecule has 12 nitrogen and oxygen atoms in total. The maximum atomic E-state index is 14.0. The number of rotatable bonds is 19. The van der Waals surface area contributed by atoms with Gasteiger partial charge in [-0.05, 0) is 55.7 Å². The monoisotopic (exact) mass is 671 g/mol. The predicted octanol–water partition coefficient (Wildman–Crippen LogP) is 3.20. The Balaban J connectivity index is 6.17. The van der Waals surface area contributed by atoms with Gasteiger partial charge < -0.3 is 29.5 Å². The van der Waals surface area contributed by atoms with Crippen molar-refractivity contribution in [3.05, 3.63) is 0 Å². The van der Waals surface area contributed by atoms with Crippen molar-refractivity contribution >= 4 is 38.2 Å². The zero-order valence-electron chi connectivity index (χ0n) is 31.3. The number of carbonyl (C=O) groups excluding carboxylic acids is 5. The summed E-state index contributed by atoms with van der Waals surface area (Å²) < 4.78 is 6.33. The molecule has 268 valence electrons. The summed E-state index contributed by atoms with van der Waals surface area (Å²) in [6, 6.07) is -1.78. The van der Waals surface area contributed by atoms with Gasteiger partial charge in [-0.3, -0.25) is 29.3 Å². The van der Waals surface area contributed by atoms with Crippen LogP contribution in [0.4, 0.5) is 0 Å². The molecule has 0 aliphatic heterocycles. The Morgan fingerprint density at radius 1 is 0.913 bits per heavy atom. The third-order valence-electron chi connectivity index (χ3n) is 8.85. The molecule has 0 radical (unpaired) electrons. The van der Waals surface area contributed by atoms with Gasteiger partial charge in [-0.1, -0.05) is 62.3 Å². The summed E-state index contributed by atoms with van der Waals surface area (Å²) in [5, 5.41) is 14.9. The summed E-state index contributed by atoms with van der Waals surface area (Å²) in [6.45, 7) is 23.0. The molecule has 13 heteroatoms. The van der Waals surface area contributed by atoms with Crippen LogP contribution >= 0.6 is 0 Å². The van der Waals surface area contributed by atoms with E-state index in [0.29, 0.717) is 12.7 Å². The zero-order valence-corrected chi connectivity index (χ0v) is 32.3. The predicted molar refractivity (Wildman–Crippen MR) is 184 cm³/mol. The average Bonchev–Trinajstić information content (AvgIpc) is 2.91. The molecule has 3 N–H and O–H groups in total. The highest BCUT2D eigenvalue weighted by Gasteiger charge is 2.44. The molecule has 0 aromatic heterocycles. The van der Waals surface area contributed by atoms with E-state index in [1.807, 2.05) is 48.5 Å².